The number of pyridine rings is 1. The maximum Gasteiger partial charge on any atom is 0.241 e. The number of anilines is 1. The maximum absolute atomic E-state index is 11.7. The largest absolute Gasteiger partial charge is 0.467 e. The summed E-state index contributed by atoms with van der Waals surface area (Å²) in [5.41, 5.74) is 0. The molecule has 0 bridgehead atoms. The molecular formula is C13H15N3O4S. The summed E-state index contributed by atoms with van der Waals surface area (Å²) < 4.78 is 34.3. The van der Waals surface area contributed by atoms with Gasteiger partial charge in [-0.2, -0.15) is 0 Å². The van der Waals surface area contributed by atoms with Gasteiger partial charge in [-0.25, -0.2) is 18.5 Å². The molecular weight excluding hydrogens is 294 g/mol. The number of nitrogens with two attached hydrogens (primary N) is 1. The van der Waals surface area contributed by atoms with E-state index in [0.29, 0.717) is 31.3 Å². The summed E-state index contributed by atoms with van der Waals surface area (Å²) in [6.45, 7) is 1.44. The lowest BCUT2D eigenvalue weighted by atomic mass is 10.2. The number of sulfonamides is 1. The molecule has 1 saturated heterocycles. The van der Waals surface area contributed by atoms with Crippen LogP contribution in [0.1, 0.15) is 11.9 Å². The molecule has 1 atom stereocenters. The number of furan rings is 1. The molecule has 0 saturated carbocycles. The lowest BCUT2D eigenvalue weighted by Crippen LogP contribution is -2.39. The fourth-order valence-electron chi connectivity index (χ4n) is 2.33. The van der Waals surface area contributed by atoms with Gasteiger partial charge in [-0.3, -0.25) is 0 Å². The highest BCUT2D eigenvalue weighted by Crippen LogP contribution is 2.28. The molecule has 3 rings (SSSR count). The van der Waals surface area contributed by atoms with E-state index in [9.17, 15) is 8.42 Å². The van der Waals surface area contributed by atoms with Crippen LogP contribution in [0.2, 0.25) is 0 Å². The molecule has 2 N–H and O–H groups in total. The third-order valence-corrected chi connectivity index (χ3v) is 4.22. The Morgan fingerprint density at radius 1 is 1.33 bits per heavy atom. The standard InChI is InChI=1S/C13H15N3O4S/c14-21(17,18)12-4-1-5-15-13(12)16-6-8-20-11(9-16)10-3-2-7-19-10/h1-5,7,11H,6,8-9H2,(H2,14,17,18). The molecule has 21 heavy (non-hydrogen) atoms. The number of primary sulfonamides is 1. The molecule has 7 nitrogen and oxygen atoms in total. The van der Waals surface area contributed by atoms with E-state index < -0.39 is 10.0 Å². The second-order valence-electron chi connectivity index (χ2n) is 4.69. The van der Waals surface area contributed by atoms with Crippen molar-refractivity contribution in [1.29, 1.82) is 0 Å². The fraction of sp³-hybridized carbons (Fsp3) is 0.308. The van der Waals surface area contributed by atoms with Gasteiger partial charge in [0.05, 0.1) is 19.4 Å². The summed E-state index contributed by atoms with van der Waals surface area (Å²) >= 11 is 0. The van der Waals surface area contributed by atoms with Crippen LogP contribution in [-0.2, 0) is 14.8 Å². The van der Waals surface area contributed by atoms with Crippen molar-refractivity contribution in [2.24, 2.45) is 5.14 Å². The number of morpholine rings is 1. The Balaban J connectivity index is 1.91. The van der Waals surface area contributed by atoms with Crippen LogP contribution in [0.25, 0.3) is 0 Å². The predicted molar refractivity (Wildman–Crippen MR) is 75.2 cm³/mol. The Morgan fingerprint density at radius 3 is 2.90 bits per heavy atom. The smallest absolute Gasteiger partial charge is 0.241 e. The molecule has 8 heteroatoms. The van der Waals surface area contributed by atoms with E-state index in [4.69, 9.17) is 14.3 Å². The van der Waals surface area contributed by atoms with Crippen molar-refractivity contribution in [2.45, 2.75) is 11.0 Å². The Kier molecular flexibility index (Phi) is 3.66. The number of hydrogen-bond donors (Lipinski definition) is 1. The lowest BCUT2D eigenvalue weighted by Gasteiger charge is -2.33. The third-order valence-electron chi connectivity index (χ3n) is 3.28. The van der Waals surface area contributed by atoms with Crippen LogP contribution in [0.5, 0.6) is 0 Å². The van der Waals surface area contributed by atoms with Crippen LogP contribution >= 0.6 is 0 Å². The zero-order valence-electron chi connectivity index (χ0n) is 11.2. The number of nitrogens with zero attached hydrogens (tertiary/aromatic N) is 2. The summed E-state index contributed by atoms with van der Waals surface area (Å²) in [7, 11) is -3.82. The average Bonchev–Trinajstić information content (AvgIpc) is 3.01. The molecule has 0 radical (unpaired) electrons. The van der Waals surface area contributed by atoms with Crippen LogP contribution in [0, 0.1) is 0 Å². The summed E-state index contributed by atoms with van der Waals surface area (Å²) in [6.07, 6.45) is 2.86. The highest BCUT2D eigenvalue weighted by Gasteiger charge is 2.28. The van der Waals surface area contributed by atoms with E-state index in [-0.39, 0.29) is 11.0 Å². The molecule has 112 valence electrons. The first-order valence-electron chi connectivity index (χ1n) is 6.43. The lowest BCUT2D eigenvalue weighted by molar-refractivity contribution is 0.0253. The van der Waals surface area contributed by atoms with Crippen molar-refractivity contribution in [3.8, 4) is 0 Å². The molecule has 0 amide bonds. The molecule has 1 fully saturated rings. The summed E-state index contributed by atoms with van der Waals surface area (Å²) in [4.78, 5) is 6.03. The number of aromatic nitrogens is 1. The maximum atomic E-state index is 11.7. The topological polar surface area (TPSA) is 98.7 Å². The fourth-order valence-corrected chi connectivity index (χ4v) is 3.03. The van der Waals surface area contributed by atoms with Crippen LogP contribution < -0.4 is 10.0 Å². The molecule has 1 aliphatic rings. The van der Waals surface area contributed by atoms with E-state index >= 15 is 0 Å². The first-order chi connectivity index (χ1) is 10.1. The molecule has 0 aliphatic carbocycles. The van der Waals surface area contributed by atoms with Gasteiger partial charge in [0.2, 0.25) is 10.0 Å². The molecule has 2 aromatic heterocycles. The molecule has 1 unspecified atom stereocenters. The second-order valence-corrected chi connectivity index (χ2v) is 6.22. The second kappa shape index (κ2) is 5.47. The number of hydrogen-bond acceptors (Lipinski definition) is 6. The SMILES string of the molecule is NS(=O)(=O)c1cccnc1N1CCOC(c2ccco2)C1. The van der Waals surface area contributed by atoms with E-state index in [2.05, 4.69) is 4.98 Å². The number of ether oxygens (including phenoxy) is 1. The molecule has 3 heterocycles. The van der Waals surface area contributed by atoms with Crippen molar-refractivity contribution in [2.75, 3.05) is 24.6 Å². The minimum atomic E-state index is -3.82. The molecule has 1 aliphatic heterocycles. The van der Waals surface area contributed by atoms with Gasteiger partial charge in [-0.15, -0.1) is 0 Å². The van der Waals surface area contributed by atoms with Crippen molar-refractivity contribution < 1.29 is 17.6 Å². The van der Waals surface area contributed by atoms with E-state index in [1.165, 1.54) is 6.07 Å². The first-order valence-corrected chi connectivity index (χ1v) is 7.98. The zero-order valence-corrected chi connectivity index (χ0v) is 12.0. The molecule has 0 spiro atoms. The van der Waals surface area contributed by atoms with Crippen molar-refractivity contribution in [1.82, 2.24) is 4.98 Å². The van der Waals surface area contributed by atoms with Gasteiger partial charge in [0.1, 0.15) is 22.6 Å². The van der Waals surface area contributed by atoms with Gasteiger partial charge in [-0.05, 0) is 24.3 Å². The summed E-state index contributed by atoms with van der Waals surface area (Å²) in [5.74, 6) is 1.05. The Hall–Kier alpha value is -1.90. The molecule has 2 aromatic rings. The molecule has 0 aromatic carbocycles. The summed E-state index contributed by atoms with van der Waals surface area (Å²) in [6, 6.07) is 6.62. The van der Waals surface area contributed by atoms with Crippen LogP contribution in [-0.4, -0.2) is 33.1 Å². The highest BCUT2D eigenvalue weighted by atomic mass is 32.2. The minimum Gasteiger partial charge on any atom is -0.467 e. The Bertz CT molecular complexity index is 715. The van der Waals surface area contributed by atoms with Gasteiger partial charge >= 0.3 is 0 Å². The van der Waals surface area contributed by atoms with Gasteiger partial charge < -0.3 is 14.1 Å². The normalized spacial score (nSPS) is 19.7. The Morgan fingerprint density at radius 2 is 2.19 bits per heavy atom. The zero-order chi connectivity index (χ0) is 14.9. The van der Waals surface area contributed by atoms with Crippen LogP contribution in [0.4, 0.5) is 5.82 Å². The predicted octanol–water partition coefficient (Wildman–Crippen LogP) is 0.900. The van der Waals surface area contributed by atoms with Crippen LogP contribution in [0.3, 0.4) is 0 Å². The van der Waals surface area contributed by atoms with E-state index in [0.717, 1.165) is 0 Å². The van der Waals surface area contributed by atoms with Gasteiger partial charge in [0.15, 0.2) is 0 Å². The number of rotatable bonds is 3. The van der Waals surface area contributed by atoms with Crippen molar-refractivity contribution in [3.63, 3.8) is 0 Å². The van der Waals surface area contributed by atoms with Crippen LogP contribution in [0.15, 0.2) is 46.0 Å². The van der Waals surface area contributed by atoms with Gasteiger partial charge in [0.25, 0.3) is 0 Å². The summed E-state index contributed by atoms with van der Waals surface area (Å²) in [5, 5.41) is 5.25. The van der Waals surface area contributed by atoms with Crippen molar-refractivity contribution in [3.05, 3.63) is 42.5 Å². The van der Waals surface area contributed by atoms with Crippen molar-refractivity contribution >= 4 is 15.8 Å². The quantitative estimate of drug-likeness (QED) is 0.904. The average molecular weight is 309 g/mol. The first kappa shape index (κ1) is 14.1. The van der Waals surface area contributed by atoms with E-state index in [1.54, 1.807) is 24.6 Å². The van der Waals surface area contributed by atoms with E-state index in [1.807, 2.05) is 11.0 Å². The minimum absolute atomic E-state index is 0.0186. The Labute approximate surface area is 122 Å². The van der Waals surface area contributed by atoms with Gasteiger partial charge in [0, 0.05) is 12.7 Å². The van der Waals surface area contributed by atoms with Gasteiger partial charge in [-0.1, -0.05) is 0 Å². The third kappa shape index (κ3) is 2.92. The highest BCUT2D eigenvalue weighted by molar-refractivity contribution is 7.89. The monoisotopic (exact) mass is 309 g/mol.